The average Bonchev–Trinajstić information content (AvgIpc) is 3.77. The van der Waals surface area contributed by atoms with Crippen LogP contribution in [0.15, 0.2) is 82.1 Å². The van der Waals surface area contributed by atoms with Crippen molar-refractivity contribution in [2.24, 2.45) is 28.6 Å². The maximum absolute atomic E-state index is 17.7. The van der Waals surface area contributed by atoms with Crippen LogP contribution < -0.4 is 5.32 Å². The lowest BCUT2D eigenvalue weighted by molar-refractivity contribution is -0.235. The number of alkyl halides is 2. The van der Waals surface area contributed by atoms with Crippen LogP contribution >= 0.6 is 23.5 Å². The number of carbonyl (C=O) groups is 6. The number of Topliss-reactive ketones (excluding diaryl/α,β-unsaturated/α-hetero) is 4. The fourth-order valence-corrected chi connectivity index (χ4v) is 12.7. The Bertz CT molecular complexity index is 2290. The quantitative estimate of drug-likeness (QED) is 0.138. The number of allylic oxidation sites excluding steroid dienone is 4. The summed E-state index contributed by atoms with van der Waals surface area (Å²) >= 11 is 2.92. The van der Waals surface area contributed by atoms with Crippen molar-refractivity contribution in [3.8, 4) is 0 Å². The Kier molecular flexibility index (Phi) is 14.4. The molecule has 1 unspecified atom stereocenters. The molecule has 1 amide bonds. The lowest BCUT2D eigenvalue weighted by atomic mass is 9.44. The summed E-state index contributed by atoms with van der Waals surface area (Å²) in [4.78, 5) is 78.5. The van der Waals surface area contributed by atoms with Crippen molar-refractivity contribution < 1.29 is 57.2 Å². The molecule has 15 heteroatoms. The number of hydrogen-bond acceptors (Lipinski definition) is 12. The summed E-state index contributed by atoms with van der Waals surface area (Å²) < 4.78 is 46.8. The van der Waals surface area contributed by atoms with E-state index in [1.807, 2.05) is 49.6 Å². The zero-order valence-electron chi connectivity index (χ0n) is 37.6. The fourth-order valence-electron chi connectivity index (χ4n) is 11.4. The predicted octanol–water partition coefficient (Wildman–Crippen LogP) is 7.18. The lowest BCUT2D eigenvalue weighted by Crippen LogP contribution is -2.70. The minimum atomic E-state index is -2.34. The number of fused-ring (bicyclic) bond motifs is 7. The molecule has 1 saturated heterocycles. The van der Waals surface area contributed by atoms with Gasteiger partial charge in [-0.05, 0) is 106 Å². The van der Waals surface area contributed by atoms with Crippen molar-refractivity contribution in [3.05, 3.63) is 83.5 Å². The second kappa shape index (κ2) is 19.0. The molecule has 0 bridgehead atoms. The summed E-state index contributed by atoms with van der Waals surface area (Å²) in [5.41, 5.74) is -5.57. The molecule has 0 aromatic heterocycles. The maximum Gasteiger partial charge on any atom is 0.223 e. The molecule has 0 spiro atoms. The number of hydrogen-bond donors (Lipinski definition) is 3. The number of aliphatic hydroxyl groups is 2. The standard InChI is InChI=1S/C50H59F2NO10S2/c1-27(19-32(55)10-8-12-40(57)29(3)64-6)45(61)53-28(2)41(58)21-30-9-7-11-35(20-30)65-34-15-13-31(14-16-34)46-62-44-24-36-37-23-39(51)38-22-33(56)17-18-47(38,4)49(37,52)42(59)25-48(36,5)50(44,63-46)43(60)26-54/h7,9,11,13-18,20,22,27-29,36-37,39,42,44,46,54,59H,8,10,12,19,21,23-26H2,1-6H3,(H,53,61)/t27-,28+,29?,36+,37+,39+,42+,44-,46-,47+,48+,49+,50-/m1/s1. The molecule has 7 rings (SSSR count). The molecular weight excluding hydrogens is 877 g/mol. The zero-order valence-corrected chi connectivity index (χ0v) is 39.3. The van der Waals surface area contributed by atoms with Crippen molar-refractivity contribution in [1.29, 1.82) is 0 Å². The van der Waals surface area contributed by atoms with E-state index in [9.17, 15) is 39.0 Å². The van der Waals surface area contributed by atoms with E-state index in [2.05, 4.69) is 5.32 Å². The molecule has 4 aliphatic carbocycles. The van der Waals surface area contributed by atoms with Crippen LogP contribution in [0.5, 0.6) is 0 Å². The van der Waals surface area contributed by atoms with Crippen molar-refractivity contribution in [1.82, 2.24) is 5.32 Å². The van der Waals surface area contributed by atoms with Crippen molar-refractivity contribution in [2.45, 2.75) is 143 Å². The van der Waals surface area contributed by atoms with Gasteiger partial charge in [0.25, 0.3) is 0 Å². The van der Waals surface area contributed by atoms with Crippen molar-refractivity contribution >= 4 is 58.3 Å². The summed E-state index contributed by atoms with van der Waals surface area (Å²) in [5, 5.41) is 24.8. The highest BCUT2D eigenvalue weighted by Gasteiger charge is 2.80. The van der Waals surface area contributed by atoms with E-state index in [1.54, 1.807) is 32.9 Å². The van der Waals surface area contributed by atoms with Crippen LogP contribution in [-0.2, 0) is 44.7 Å². The third kappa shape index (κ3) is 8.78. The van der Waals surface area contributed by atoms with Gasteiger partial charge in [0.15, 0.2) is 34.9 Å². The molecule has 1 aliphatic heterocycles. The summed E-state index contributed by atoms with van der Waals surface area (Å²) in [6.45, 7) is 7.49. The van der Waals surface area contributed by atoms with Crippen LogP contribution in [0.25, 0.3) is 0 Å². The van der Waals surface area contributed by atoms with Crippen molar-refractivity contribution in [3.63, 3.8) is 0 Å². The first kappa shape index (κ1) is 49.1. The van der Waals surface area contributed by atoms with E-state index in [1.165, 1.54) is 42.6 Å². The first-order valence-corrected chi connectivity index (χ1v) is 24.5. The Labute approximate surface area is 387 Å². The number of nitrogens with one attached hydrogen (secondary N) is 1. The van der Waals surface area contributed by atoms with Crippen LogP contribution in [-0.4, -0.2) is 98.8 Å². The molecule has 65 heavy (non-hydrogen) atoms. The normalized spacial score (nSPS) is 33.7. The highest BCUT2D eigenvalue weighted by molar-refractivity contribution is 8.00. The lowest BCUT2D eigenvalue weighted by Gasteiger charge is -2.63. The van der Waals surface area contributed by atoms with Gasteiger partial charge in [0, 0.05) is 63.7 Å². The van der Waals surface area contributed by atoms with Gasteiger partial charge in [-0.2, -0.15) is 11.8 Å². The summed E-state index contributed by atoms with van der Waals surface area (Å²) in [7, 11) is 0. The second-order valence-electron chi connectivity index (χ2n) is 19.0. The van der Waals surface area contributed by atoms with Crippen LogP contribution in [0.1, 0.15) is 97.0 Å². The molecule has 350 valence electrons. The van der Waals surface area contributed by atoms with Gasteiger partial charge in [-0.25, -0.2) is 8.78 Å². The Morgan fingerprint density at radius 1 is 0.969 bits per heavy atom. The van der Waals surface area contributed by atoms with Gasteiger partial charge >= 0.3 is 0 Å². The molecule has 0 radical (unpaired) electrons. The Balaban J connectivity index is 0.965. The highest BCUT2D eigenvalue weighted by atomic mass is 32.2. The molecule has 5 aliphatic rings. The van der Waals surface area contributed by atoms with Crippen LogP contribution in [0, 0.1) is 28.6 Å². The summed E-state index contributed by atoms with van der Waals surface area (Å²) in [6.07, 6.45) is 1.06. The van der Waals surface area contributed by atoms with Crippen LogP contribution in [0.2, 0.25) is 0 Å². The monoisotopic (exact) mass is 935 g/mol. The molecule has 3 saturated carbocycles. The van der Waals surface area contributed by atoms with Gasteiger partial charge in [-0.15, -0.1) is 0 Å². The highest BCUT2D eigenvalue weighted by Crippen LogP contribution is 2.72. The van der Waals surface area contributed by atoms with Crippen molar-refractivity contribution in [2.75, 3.05) is 12.9 Å². The maximum atomic E-state index is 17.7. The minimum absolute atomic E-state index is 0.00686. The van der Waals surface area contributed by atoms with Gasteiger partial charge in [0.05, 0.1) is 23.5 Å². The Morgan fingerprint density at radius 3 is 2.38 bits per heavy atom. The number of carbonyl (C=O) groups excluding carboxylic acids is 6. The smallest absolute Gasteiger partial charge is 0.223 e. The first-order chi connectivity index (χ1) is 30.7. The first-order valence-electron chi connectivity index (χ1n) is 22.4. The summed E-state index contributed by atoms with van der Waals surface area (Å²) in [5.74, 6) is -4.00. The predicted molar refractivity (Wildman–Crippen MR) is 241 cm³/mol. The number of rotatable bonds is 18. The number of ketones is 5. The molecule has 11 nitrogen and oxygen atoms in total. The van der Waals surface area contributed by atoms with E-state index in [0.717, 1.165) is 21.4 Å². The molecule has 4 fully saturated rings. The second-order valence-corrected chi connectivity index (χ2v) is 21.3. The van der Waals surface area contributed by atoms with E-state index in [4.69, 9.17) is 9.47 Å². The SMILES string of the molecule is CSC(C)C(=O)CCCC(=O)C[C@@H](C)C(=O)N[C@@H](C)C(=O)Cc1cccc(Sc2ccc([C@@H]3O[C@@H]4C[C@H]5[C@@H]6C[C@H](F)C7=CC(=O)C=C[C@]7(C)[C@@]6(F)[C@@H](O)C[C@]5(C)[C@]4(C(=O)CO)O3)cc2)c1. The van der Waals surface area contributed by atoms with E-state index < -0.39 is 88.7 Å². The molecule has 2 aromatic carbocycles. The molecule has 2 aromatic rings. The minimum Gasteiger partial charge on any atom is -0.390 e. The topological polar surface area (TPSA) is 173 Å². The zero-order chi connectivity index (χ0) is 47.2. The van der Waals surface area contributed by atoms with E-state index >= 15 is 8.78 Å². The Morgan fingerprint density at radius 2 is 1.69 bits per heavy atom. The largest absolute Gasteiger partial charge is 0.390 e. The van der Waals surface area contributed by atoms with Gasteiger partial charge in [0.1, 0.15) is 24.3 Å². The number of thioether (sulfide) groups is 1. The average molecular weight is 936 g/mol. The van der Waals surface area contributed by atoms with Crippen LogP contribution in [0.3, 0.4) is 0 Å². The number of ether oxygens (including phenoxy) is 2. The number of benzene rings is 2. The molecule has 3 N–H and O–H groups in total. The number of aliphatic hydroxyl groups excluding tert-OH is 2. The van der Waals surface area contributed by atoms with E-state index in [0.29, 0.717) is 18.4 Å². The molecule has 1 heterocycles. The molecular formula is C50H59F2NO10S2. The van der Waals surface area contributed by atoms with Gasteiger partial charge in [0.2, 0.25) is 5.91 Å². The third-order valence-electron chi connectivity index (χ3n) is 15.1. The van der Waals surface area contributed by atoms with Gasteiger partial charge in [-0.3, -0.25) is 28.8 Å². The van der Waals surface area contributed by atoms with E-state index in [-0.39, 0.29) is 72.6 Å². The third-order valence-corrected chi connectivity index (χ3v) is 17.1. The molecule has 13 atom stereocenters. The number of halogens is 2. The van der Waals surface area contributed by atoms with Crippen LogP contribution in [0.4, 0.5) is 8.78 Å². The Hall–Kier alpha value is -3.86. The van der Waals surface area contributed by atoms with Gasteiger partial charge < -0.3 is 25.0 Å². The van der Waals surface area contributed by atoms with Gasteiger partial charge in [-0.1, -0.05) is 56.0 Å². The summed E-state index contributed by atoms with van der Waals surface area (Å²) in [6, 6.07) is 14.0. The number of amides is 1. The fraction of sp³-hybridized carbons (Fsp3) is 0.560.